The van der Waals surface area contributed by atoms with Crippen LogP contribution in [0.4, 0.5) is 0 Å². The van der Waals surface area contributed by atoms with Crippen molar-refractivity contribution in [3.8, 4) is 22.6 Å². The summed E-state index contributed by atoms with van der Waals surface area (Å²) in [6.45, 7) is 12.1. The first kappa shape index (κ1) is 33.5. The van der Waals surface area contributed by atoms with Crippen molar-refractivity contribution in [3.05, 3.63) is 47.5 Å². The lowest BCUT2D eigenvalue weighted by Gasteiger charge is -2.32. The van der Waals surface area contributed by atoms with E-state index >= 15 is 0 Å². The van der Waals surface area contributed by atoms with E-state index in [4.69, 9.17) is 32.1 Å². The van der Waals surface area contributed by atoms with Crippen molar-refractivity contribution in [1.29, 1.82) is 0 Å². The van der Waals surface area contributed by atoms with Crippen LogP contribution in [-0.4, -0.2) is 39.6 Å². The summed E-state index contributed by atoms with van der Waals surface area (Å²) in [5, 5.41) is 0. The van der Waals surface area contributed by atoms with Crippen LogP contribution in [0.5, 0.6) is 11.5 Å². The Kier molecular flexibility index (Phi) is 11.8. The van der Waals surface area contributed by atoms with Gasteiger partial charge in [-0.05, 0) is 43.0 Å². The van der Waals surface area contributed by atoms with Gasteiger partial charge in [-0.3, -0.25) is 18.1 Å². The second-order valence-electron chi connectivity index (χ2n) is 10.2. The summed E-state index contributed by atoms with van der Waals surface area (Å²) in [5.41, 5.74) is 3.44. The van der Waals surface area contributed by atoms with Crippen LogP contribution >= 0.6 is 15.4 Å². The molecular formula is C28H44O9P2. The monoisotopic (exact) mass is 586 g/mol. The minimum absolute atomic E-state index is 0.440. The molecule has 9 nitrogen and oxygen atoms in total. The van der Waals surface area contributed by atoms with Gasteiger partial charge >= 0.3 is 15.4 Å². The minimum Gasteiger partial charge on any atom is -0.462 e. The van der Waals surface area contributed by atoms with Crippen LogP contribution in [0.15, 0.2) is 36.4 Å². The van der Waals surface area contributed by atoms with E-state index in [1.54, 1.807) is 27.7 Å². The topological polar surface area (TPSA) is 98.8 Å². The van der Waals surface area contributed by atoms with Crippen molar-refractivity contribution in [2.24, 2.45) is 0 Å². The smallest absolute Gasteiger partial charge is 0.462 e. The predicted molar refractivity (Wildman–Crippen MR) is 154 cm³/mol. The molecule has 0 aliphatic carbocycles. The van der Waals surface area contributed by atoms with Crippen LogP contribution in [0.1, 0.15) is 65.0 Å². The fourth-order valence-corrected chi connectivity index (χ4v) is 5.82. The van der Waals surface area contributed by atoms with Crippen LogP contribution in [-0.2, 0) is 38.2 Å². The Labute approximate surface area is 233 Å². The molecule has 220 valence electrons. The van der Waals surface area contributed by atoms with Crippen molar-refractivity contribution >= 4 is 15.4 Å². The molecule has 0 saturated heterocycles. The number of ether oxygens (including phenoxy) is 2. The SMILES string of the molecule is CCCCCc1cc(OC(C)(C)OP(C)(=O)OC)c(-c2cccc(C)c2)c(OC(C)(C)OP(=O)(OC)OC)c1. The van der Waals surface area contributed by atoms with Crippen LogP contribution in [0.3, 0.4) is 0 Å². The largest absolute Gasteiger partial charge is 0.477 e. The lowest BCUT2D eigenvalue weighted by atomic mass is 9.97. The van der Waals surface area contributed by atoms with Gasteiger partial charge in [-0.15, -0.1) is 0 Å². The van der Waals surface area contributed by atoms with E-state index in [0.29, 0.717) is 17.1 Å². The number of phosphoric acid groups is 1. The van der Waals surface area contributed by atoms with Gasteiger partial charge < -0.3 is 14.0 Å². The first-order chi connectivity index (χ1) is 18.1. The van der Waals surface area contributed by atoms with E-state index in [1.807, 2.05) is 43.3 Å². The minimum atomic E-state index is -3.86. The second kappa shape index (κ2) is 13.8. The molecule has 0 radical (unpaired) electrons. The highest BCUT2D eigenvalue weighted by Gasteiger charge is 2.37. The first-order valence-corrected chi connectivity index (χ1v) is 16.4. The van der Waals surface area contributed by atoms with E-state index in [-0.39, 0.29) is 0 Å². The Bertz CT molecular complexity index is 1190. The molecule has 2 rings (SSSR count). The third-order valence-corrected chi connectivity index (χ3v) is 8.70. The Morgan fingerprint density at radius 2 is 1.36 bits per heavy atom. The molecule has 0 amide bonds. The zero-order chi connectivity index (χ0) is 29.5. The van der Waals surface area contributed by atoms with Crippen LogP contribution in [0, 0.1) is 6.92 Å². The summed E-state index contributed by atoms with van der Waals surface area (Å²) in [4.78, 5) is 0. The van der Waals surface area contributed by atoms with Gasteiger partial charge in [0.25, 0.3) is 0 Å². The van der Waals surface area contributed by atoms with Crippen LogP contribution < -0.4 is 9.47 Å². The molecule has 0 spiro atoms. The molecule has 1 atom stereocenters. The predicted octanol–water partition coefficient (Wildman–Crippen LogP) is 8.53. The zero-order valence-electron chi connectivity index (χ0n) is 24.9. The van der Waals surface area contributed by atoms with Gasteiger partial charge in [0.15, 0.2) is 0 Å². The van der Waals surface area contributed by atoms with E-state index in [2.05, 4.69) is 6.92 Å². The molecule has 1 unspecified atom stereocenters. The molecule has 0 bridgehead atoms. The summed E-state index contributed by atoms with van der Waals surface area (Å²) in [5.74, 6) is -1.83. The number of hydrogen-bond acceptors (Lipinski definition) is 9. The van der Waals surface area contributed by atoms with Gasteiger partial charge in [-0.1, -0.05) is 49.6 Å². The van der Waals surface area contributed by atoms with Gasteiger partial charge in [-0.25, -0.2) is 9.09 Å². The molecule has 0 aromatic heterocycles. The number of hydrogen-bond donors (Lipinski definition) is 0. The zero-order valence-corrected chi connectivity index (χ0v) is 26.7. The van der Waals surface area contributed by atoms with E-state index < -0.39 is 27.0 Å². The third-order valence-electron chi connectivity index (χ3n) is 5.71. The molecule has 2 aromatic rings. The van der Waals surface area contributed by atoms with Crippen molar-refractivity contribution in [2.75, 3.05) is 28.0 Å². The Morgan fingerprint density at radius 1 is 0.795 bits per heavy atom. The molecule has 0 saturated carbocycles. The normalized spacial score (nSPS) is 14.2. The van der Waals surface area contributed by atoms with E-state index in [9.17, 15) is 9.13 Å². The van der Waals surface area contributed by atoms with Gasteiger partial charge in [0, 0.05) is 55.7 Å². The Balaban J connectivity index is 2.73. The summed E-state index contributed by atoms with van der Waals surface area (Å²) in [6.07, 6.45) is 3.88. The molecule has 0 aliphatic heterocycles. The first-order valence-electron chi connectivity index (χ1n) is 13.0. The van der Waals surface area contributed by atoms with Gasteiger partial charge in [0.2, 0.25) is 11.6 Å². The summed E-state index contributed by atoms with van der Waals surface area (Å²) < 4.78 is 64.7. The third kappa shape index (κ3) is 10.3. The lowest BCUT2D eigenvalue weighted by Crippen LogP contribution is -2.32. The molecule has 0 heterocycles. The number of benzene rings is 2. The van der Waals surface area contributed by atoms with Crippen molar-refractivity contribution in [2.45, 2.75) is 78.8 Å². The number of unbranched alkanes of at least 4 members (excludes halogenated alkanes) is 2. The molecule has 2 aromatic carbocycles. The molecule has 0 N–H and O–H groups in total. The maximum Gasteiger partial charge on any atom is 0.477 e. The molecule has 39 heavy (non-hydrogen) atoms. The molecule has 0 fully saturated rings. The number of aryl methyl sites for hydroxylation is 2. The summed E-state index contributed by atoms with van der Waals surface area (Å²) >= 11 is 0. The summed E-state index contributed by atoms with van der Waals surface area (Å²) in [6, 6.07) is 11.7. The highest BCUT2D eigenvalue weighted by molar-refractivity contribution is 7.53. The highest BCUT2D eigenvalue weighted by atomic mass is 31.2. The van der Waals surface area contributed by atoms with Crippen LogP contribution in [0.2, 0.25) is 0 Å². The van der Waals surface area contributed by atoms with Crippen molar-refractivity contribution < 1.29 is 41.2 Å². The van der Waals surface area contributed by atoms with Crippen LogP contribution in [0.25, 0.3) is 11.1 Å². The number of rotatable bonds is 16. The Morgan fingerprint density at radius 3 is 1.85 bits per heavy atom. The standard InChI is InChI=1S/C28H44O9P2/c1-11-12-13-16-22-19-24(34-27(3,4)36-38(10,29)31-7)26(23-17-14-15-21(2)18-23)25(20-22)35-28(5,6)37-39(30,32-8)33-9/h14-15,17-20H,11-13,16H2,1-10H3. The van der Waals surface area contributed by atoms with Crippen molar-refractivity contribution in [3.63, 3.8) is 0 Å². The lowest BCUT2D eigenvalue weighted by molar-refractivity contribution is -0.100. The fourth-order valence-electron chi connectivity index (χ4n) is 4.04. The van der Waals surface area contributed by atoms with Gasteiger partial charge in [0.05, 0.1) is 5.56 Å². The summed E-state index contributed by atoms with van der Waals surface area (Å²) in [7, 11) is -3.42. The van der Waals surface area contributed by atoms with E-state index in [0.717, 1.165) is 42.4 Å². The fraction of sp³-hybridized carbons (Fsp3) is 0.571. The quantitative estimate of drug-likeness (QED) is 0.109. The van der Waals surface area contributed by atoms with Gasteiger partial charge in [-0.2, -0.15) is 0 Å². The second-order valence-corrected chi connectivity index (χ2v) is 14.1. The molecule has 11 heteroatoms. The molecular weight excluding hydrogens is 542 g/mol. The highest BCUT2D eigenvalue weighted by Crippen LogP contribution is 2.53. The maximum atomic E-state index is 12.8. The number of phosphoric ester groups is 1. The Hall–Kier alpha value is -1.70. The van der Waals surface area contributed by atoms with Crippen molar-refractivity contribution in [1.82, 2.24) is 0 Å². The average Bonchev–Trinajstić information content (AvgIpc) is 2.82. The maximum absolute atomic E-state index is 12.8. The van der Waals surface area contributed by atoms with E-state index in [1.165, 1.54) is 28.0 Å². The van der Waals surface area contributed by atoms with Gasteiger partial charge in [0.1, 0.15) is 11.5 Å². The average molecular weight is 587 g/mol. The molecule has 0 aliphatic rings.